The van der Waals surface area contributed by atoms with Crippen LogP contribution >= 0.6 is 15.9 Å². The summed E-state index contributed by atoms with van der Waals surface area (Å²) in [6, 6.07) is 15.7. The largest absolute Gasteiger partial charge is 0.324 e. The highest BCUT2D eigenvalue weighted by Crippen LogP contribution is 2.26. The van der Waals surface area contributed by atoms with Gasteiger partial charge in [-0.25, -0.2) is 12.8 Å². The minimum absolute atomic E-state index is 0.0673. The SMILES string of the molecule is Cc1ccc(S(=O)(=O)N(CC(=O)Nc2c(C)cc(Br)cc2C)Cc2ccc(F)cc2)cc1. The molecule has 0 aliphatic heterocycles. The number of amides is 1. The number of carbonyl (C=O) groups excluding carboxylic acids is 1. The summed E-state index contributed by atoms with van der Waals surface area (Å²) in [7, 11) is -3.97. The Hall–Kier alpha value is -2.55. The third-order valence-electron chi connectivity index (χ3n) is 5.01. The van der Waals surface area contributed by atoms with E-state index in [2.05, 4.69) is 21.2 Å². The zero-order valence-electron chi connectivity index (χ0n) is 18.0. The molecule has 5 nitrogen and oxygen atoms in total. The summed E-state index contributed by atoms with van der Waals surface area (Å²) in [5, 5.41) is 2.84. The first-order valence-electron chi connectivity index (χ1n) is 9.94. The Morgan fingerprint density at radius 2 is 1.53 bits per heavy atom. The normalized spacial score (nSPS) is 11.6. The molecule has 8 heteroatoms. The van der Waals surface area contributed by atoms with E-state index in [1.165, 1.54) is 36.4 Å². The molecule has 0 saturated carbocycles. The molecule has 32 heavy (non-hydrogen) atoms. The summed E-state index contributed by atoms with van der Waals surface area (Å²) in [5.41, 5.74) is 3.86. The van der Waals surface area contributed by atoms with Crippen LogP contribution in [0.25, 0.3) is 0 Å². The van der Waals surface area contributed by atoms with Crippen molar-refractivity contribution in [2.75, 3.05) is 11.9 Å². The molecule has 0 spiro atoms. The maximum Gasteiger partial charge on any atom is 0.243 e. The van der Waals surface area contributed by atoms with Crippen molar-refractivity contribution in [1.82, 2.24) is 4.31 Å². The average molecular weight is 519 g/mol. The fourth-order valence-corrected chi connectivity index (χ4v) is 5.40. The Kier molecular flexibility index (Phi) is 7.48. The fraction of sp³-hybridized carbons (Fsp3) is 0.208. The van der Waals surface area contributed by atoms with Crippen LogP contribution in [0.1, 0.15) is 22.3 Å². The summed E-state index contributed by atoms with van der Waals surface area (Å²) in [6.45, 7) is 5.15. The molecule has 168 valence electrons. The molecule has 0 bridgehead atoms. The van der Waals surface area contributed by atoms with Gasteiger partial charge in [-0.15, -0.1) is 0 Å². The van der Waals surface area contributed by atoms with Crippen LogP contribution in [0.5, 0.6) is 0 Å². The van der Waals surface area contributed by atoms with Crippen molar-refractivity contribution in [3.63, 3.8) is 0 Å². The highest BCUT2D eigenvalue weighted by atomic mass is 79.9. The first kappa shape index (κ1) is 24.1. The molecule has 0 aliphatic carbocycles. The number of benzene rings is 3. The zero-order chi connectivity index (χ0) is 23.5. The van der Waals surface area contributed by atoms with Crippen molar-refractivity contribution in [3.05, 3.63) is 93.2 Å². The van der Waals surface area contributed by atoms with Crippen molar-refractivity contribution in [2.24, 2.45) is 0 Å². The molecule has 0 saturated heterocycles. The van der Waals surface area contributed by atoms with E-state index < -0.39 is 21.7 Å². The van der Waals surface area contributed by atoms with E-state index in [1.54, 1.807) is 12.1 Å². The van der Waals surface area contributed by atoms with Gasteiger partial charge in [0.2, 0.25) is 15.9 Å². The summed E-state index contributed by atoms with van der Waals surface area (Å²) in [5.74, 6) is -0.878. The van der Waals surface area contributed by atoms with Crippen molar-refractivity contribution in [2.45, 2.75) is 32.2 Å². The Bertz CT molecular complexity index is 1200. The first-order valence-corrected chi connectivity index (χ1v) is 12.2. The smallest absolute Gasteiger partial charge is 0.243 e. The lowest BCUT2D eigenvalue weighted by molar-refractivity contribution is -0.116. The predicted molar refractivity (Wildman–Crippen MR) is 127 cm³/mol. The number of hydrogen-bond donors (Lipinski definition) is 1. The molecule has 0 unspecified atom stereocenters. The van der Waals surface area contributed by atoms with E-state index in [9.17, 15) is 17.6 Å². The monoisotopic (exact) mass is 518 g/mol. The number of nitrogens with one attached hydrogen (secondary N) is 1. The zero-order valence-corrected chi connectivity index (χ0v) is 20.4. The molecule has 0 heterocycles. The van der Waals surface area contributed by atoms with E-state index >= 15 is 0 Å². The minimum Gasteiger partial charge on any atom is -0.324 e. The molecule has 0 fully saturated rings. The number of rotatable bonds is 7. The van der Waals surface area contributed by atoms with E-state index in [0.717, 1.165) is 25.5 Å². The van der Waals surface area contributed by atoms with Gasteiger partial charge in [0.05, 0.1) is 11.4 Å². The molecule has 3 rings (SSSR count). The summed E-state index contributed by atoms with van der Waals surface area (Å²) in [4.78, 5) is 13.0. The van der Waals surface area contributed by atoms with Crippen LogP contribution in [-0.4, -0.2) is 25.2 Å². The maximum atomic E-state index is 13.3. The number of sulfonamides is 1. The topological polar surface area (TPSA) is 66.5 Å². The maximum absolute atomic E-state index is 13.3. The molecule has 0 aromatic heterocycles. The number of halogens is 2. The van der Waals surface area contributed by atoms with Crippen molar-refractivity contribution >= 4 is 37.5 Å². The molecule has 3 aromatic carbocycles. The Labute approximate surface area is 196 Å². The quantitative estimate of drug-likeness (QED) is 0.458. The van der Waals surface area contributed by atoms with Gasteiger partial charge in [0.25, 0.3) is 0 Å². The second kappa shape index (κ2) is 9.94. The Morgan fingerprint density at radius 3 is 2.09 bits per heavy atom. The standard InChI is InChI=1S/C24H24BrFN2O3S/c1-16-4-10-22(11-5-16)32(30,31)28(14-19-6-8-21(26)9-7-19)15-23(29)27-24-17(2)12-20(25)13-18(24)3/h4-13H,14-15H2,1-3H3,(H,27,29). The third kappa shape index (κ3) is 5.82. The van der Waals surface area contributed by atoms with Crippen LogP contribution in [0.4, 0.5) is 10.1 Å². The minimum atomic E-state index is -3.97. The van der Waals surface area contributed by atoms with Crippen molar-refractivity contribution in [3.8, 4) is 0 Å². The van der Waals surface area contributed by atoms with Gasteiger partial charge < -0.3 is 5.32 Å². The van der Waals surface area contributed by atoms with Crippen LogP contribution in [0.3, 0.4) is 0 Å². The summed E-state index contributed by atoms with van der Waals surface area (Å²) >= 11 is 3.43. The van der Waals surface area contributed by atoms with Crippen LogP contribution < -0.4 is 5.32 Å². The van der Waals surface area contributed by atoms with Gasteiger partial charge >= 0.3 is 0 Å². The molecule has 1 amide bonds. The van der Waals surface area contributed by atoms with E-state index in [-0.39, 0.29) is 18.0 Å². The molecule has 1 N–H and O–H groups in total. The molecule has 0 aliphatic rings. The predicted octanol–water partition coefficient (Wildman–Crippen LogP) is 5.34. The summed E-state index contributed by atoms with van der Waals surface area (Å²) in [6.07, 6.45) is 0. The molecule has 0 radical (unpaired) electrons. The van der Waals surface area contributed by atoms with Crippen molar-refractivity contribution < 1.29 is 17.6 Å². The number of hydrogen-bond acceptors (Lipinski definition) is 3. The van der Waals surface area contributed by atoms with Gasteiger partial charge in [0, 0.05) is 16.7 Å². The number of carbonyl (C=O) groups is 1. The summed E-state index contributed by atoms with van der Waals surface area (Å²) < 4.78 is 42.0. The van der Waals surface area contributed by atoms with Gasteiger partial charge in [-0.1, -0.05) is 45.8 Å². The fourth-order valence-electron chi connectivity index (χ4n) is 3.33. The van der Waals surface area contributed by atoms with Crippen molar-refractivity contribution in [1.29, 1.82) is 0 Å². The lowest BCUT2D eigenvalue weighted by Gasteiger charge is -2.23. The van der Waals surface area contributed by atoms with Gasteiger partial charge in [-0.2, -0.15) is 4.31 Å². The molecular weight excluding hydrogens is 495 g/mol. The second-order valence-corrected chi connectivity index (χ2v) is 10.5. The number of aryl methyl sites for hydroxylation is 3. The molecule has 3 aromatic rings. The van der Waals surface area contributed by atoms with Gasteiger partial charge in [0.1, 0.15) is 5.82 Å². The third-order valence-corrected chi connectivity index (χ3v) is 7.28. The van der Waals surface area contributed by atoms with Crippen LogP contribution in [-0.2, 0) is 21.4 Å². The van der Waals surface area contributed by atoms with E-state index in [0.29, 0.717) is 11.3 Å². The van der Waals surface area contributed by atoms with Gasteiger partial charge in [-0.3, -0.25) is 4.79 Å². The first-order chi connectivity index (χ1) is 15.1. The molecular formula is C24H24BrFN2O3S. The molecule has 0 atom stereocenters. The van der Waals surface area contributed by atoms with Gasteiger partial charge in [-0.05, 0) is 73.9 Å². The lowest BCUT2D eigenvalue weighted by Crippen LogP contribution is -2.37. The lowest BCUT2D eigenvalue weighted by atomic mass is 10.1. The van der Waals surface area contributed by atoms with Crippen LogP contribution in [0, 0.1) is 26.6 Å². The Morgan fingerprint density at radius 1 is 0.969 bits per heavy atom. The highest BCUT2D eigenvalue weighted by molar-refractivity contribution is 9.10. The van der Waals surface area contributed by atoms with Crippen LogP contribution in [0.15, 0.2) is 70.0 Å². The van der Waals surface area contributed by atoms with Gasteiger partial charge in [0.15, 0.2) is 0 Å². The number of nitrogens with zero attached hydrogens (tertiary/aromatic N) is 1. The second-order valence-electron chi connectivity index (χ2n) is 7.68. The average Bonchev–Trinajstić information content (AvgIpc) is 2.72. The van der Waals surface area contributed by atoms with E-state index in [1.807, 2.05) is 32.9 Å². The Balaban J connectivity index is 1.90. The van der Waals surface area contributed by atoms with Crippen LogP contribution in [0.2, 0.25) is 0 Å². The number of anilines is 1. The highest BCUT2D eigenvalue weighted by Gasteiger charge is 2.27. The van der Waals surface area contributed by atoms with E-state index in [4.69, 9.17) is 0 Å².